The van der Waals surface area contributed by atoms with Crippen LogP contribution in [0.15, 0.2) is 207 Å². The number of phosphoric ester groups is 2. The van der Waals surface area contributed by atoms with Crippen molar-refractivity contribution in [3.05, 3.63) is 207 Å². The van der Waals surface area contributed by atoms with Crippen LogP contribution < -0.4 is 0 Å². The molecule has 0 radical (unpaired) electrons. The minimum Gasteiger partial charge on any atom is -0.463 e. The van der Waals surface area contributed by atoms with Crippen LogP contribution in [0.3, 0.4) is 0 Å². The molecule has 5 unspecified atom stereocenters. The average molecular weight is 1470 g/mol. The Bertz CT molecular complexity index is 2700. The highest BCUT2D eigenvalue weighted by Gasteiger charge is 2.29. The van der Waals surface area contributed by atoms with Crippen LogP contribution >= 0.6 is 15.6 Å². The van der Waals surface area contributed by atoms with Gasteiger partial charge in [-0.3, -0.25) is 32.5 Å². The molecule has 0 saturated carbocycles. The summed E-state index contributed by atoms with van der Waals surface area (Å²) in [6.07, 6.45) is 100. The quantitative estimate of drug-likeness (QED) is 0.0146. The number of carbonyl (C=O) groups excluding carboxylic acids is 3. The summed E-state index contributed by atoms with van der Waals surface area (Å²) in [6.45, 7) is 2.21. The Hall–Kier alpha value is -5.87. The topological polar surface area (TPSA) is 231 Å². The number of allylic oxidation sites excluding steroid dienone is 34. The van der Waals surface area contributed by atoms with Crippen LogP contribution in [0.5, 0.6) is 0 Å². The number of aliphatic hydroxyl groups excluding tert-OH is 2. The molecule has 0 saturated heterocycles. The van der Waals surface area contributed by atoms with E-state index in [1.165, 1.54) is 0 Å². The van der Waals surface area contributed by atoms with E-state index in [1.54, 1.807) is 0 Å². The summed E-state index contributed by atoms with van der Waals surface area (Å²) in [4.78, 5) is 58.7. The van der Waals surface area contributed by atoms with Crippen LogP contribution in [-0.2, 0) is 55.8 Å². The highest BCUT2D eigenvalue weighted by molar-refractivity contribution is 7.47. The lowest BCUT2D eigenvalue weighted by molar-refractivity contribution is -0.161. The molecule has 0 bridgehead atoms. The molecule has 4 N–H and O–H groups in total. The summed E-state index contributed by atoms with van der Waals surface area (Å²) in [5, 5.41) is 20.6. The molecule has 0 aromatic heterocycles. The van der Waals surface area contributed by atoms with Gasteiger partial charge in [-0.25, -0.2) is 9.13 Å². The molecule has 16 nitrogen and oxygen atoms in total. The Morgan fingerprint density at radius 2 is 0.485 bits per heavy atom. The molecule has 18 heteroatoms. The molecule has 0 aromatic carbocycles. The first-order chi connectivity index (χ1) is 50.2. The van der Waals surface area contributed by atoms with E-state index < -0.39 is 91.5 Å². The predicted octanol–water partition coefficient (Wildman–Crippen LogP) is 22.5. The maximum absolute atomic E-state index is 13.0. The van der Waals surface area contributed by atoms with Crippen LogP contribution in [0.25, 0.3) is 0 Å². The number of rotatable bonds is 70. The van der Waals surface area contributed by atoms with E-state index in [0.29, 0.717) is 19.3 Å². The number of esters is 3. The number of hydrogen-bond acceptors (Lipinski definition) is 14. The van der Waals surface area contributed by atoms with Gasteiger partial charge >= 0.3 is 33.6 Å². The van der Waals surface area contributed by atoms with E-state index in [2.05, 4.69) is 227 Å². The second kappa shape index (κ2) is 75.8. The highest BCUT2D eigenvalue weighted by atomic mass is 31.2. The first-order valence-corrected chi connectivity index (χ1v) is 41.4. The number of hydrogen-bond donors (Lipinski definition) is 4. The number of phosphoric acid groups is 2. The molecule has 0 heterocycles. The summed E-state index contributed by atoms with van der Waals surface area (Å²) < 4.78 is 61.1. The van der Waals surface area contributed by atoms with E-state index in [1.807, 2.05) is 0 Å². The highest BCUT2D eigenvalue weighted by Crippen LogP contribution is 2.45. The maximum Gasteiger partial charge on any atom is 0.472 e. The molecular formula is C85H134O16P2. The minimum absolute atomic E-state index is 0.0624. The molecule has 0 aliphatic heterocycles. The van der Waals surface area contributed by atoms with Crippen molar-refractivity contribution in [1.29, 1.82) is 0 Å². The molecule has 0 amide bonds. The lowest BCUT2D eigenvalue weighted by Gasteiger charge is -2.21. The Kier molecular flexibility index (Phi) is 71.5. The first-order valence-electron chi connectivity index (χ1n) is 38.4. The zero-order valence-corrected chi connectivity index (χ0v) is 64.9. The summed E-state index contributed by atoms with van der Waals surface area (Å²) in [7, 11) is -9.84. The number of aliphatic hydroxyl groups is 2. The smallest absolute Gasteiger partial charge is 0.463 e. The van der Waals surface area contributed by atoms with Gasteiger partial charge < -0.3 is 34.2 Å². The van der Waals surface area contributed by atoms with E-state index in [9.17, 15) is 43.5 Å². The van der Waals surface area contributed by atoms with Crippen LogP contribution in [0.1, 0.15) is 252 Å². The second-order valence-corrected chi connectivity index (χ2v) is 27.6. The fraction of sp³-hybridized carbons (Fsp3) is 0.565. The van der Waals surface area contributed by atoms with Crippen molar-refractivity contribution >= 4 is 33.6 Å². The van der Waals surface area contributed by atoms with Crippen LogP contribution in [-0.4, -0.2) is 95.9 Å². The van der Waals surface area contributed by atoms with Gasteiger partial charge in [-0.05, 0) is 167 Å². The van der Waals surface area contributed by atoms with Gasteiger partial charge in [0, 0.05) is 19.3 Å². The van der Waals surface area contributed by atoms with Crippen molar-refractivity contribution in [1.82, 2.24) is 0 Å². The summed E-state index contributed by atoms with van der Waals surface area (Å²) in [5.41, 5.74) is 0. The third-order valence-corrected chi connectivity index (χ3v) is 16.9. The Balaban J connectivity index is 4.79. The summed E-state index contributed by atoms with van der Waals surface area (Å²) in [6, 6.07) is 0. The van der Waals surface area contributed by atoms with Gasteiger partial charge in [-0.2, -0.15) is 0 Å². The fourth-order valence-corrected chi connectivity index (χ4v) is 10.8. The molecule has 0 aliphatic rings. The molecule has 0 spiro atoms. The van der Waals surface area contributed by atoms with Gasteiger partial charge in [0.15, 0.2) is 6.10 Å². The zero-order valence-electron chi connectivity index (χ0n) is 63.1. The van der Waals surface area contributed by atoms with Crippen molar-refractivity contribution < 1.29 is 75.8 Å². The van der Waals surface area contributed by atoms with Gasteiger partial charge in [0.1, 0.15) is 25.4 Å². The Labute approximate surface area is 622 Å². The third kappa shape index (κ3) is 77.1. The standard InChI is InChI=1S/C85H134O16P2/c1-4-7-10-13-16-19-22-25-28-31-34-37-38-39-40-43-45-47-50-53-56-59-62-65-68-71-83(88)95-74-80(86)75-97-102(91,92)98-76-81(87)77-99-103(93,94)100-79-82(101-85(90)73-70-67-64-61-58-55-52-49-46-42-36-33-30-27-24-21-18-15-12-9-6-3)78-96-84(89)72-69-66-63-60-57-54-51-48-44-41-35-32-29-26-23-20-17-14-11-8-5-2/h7-12,16-21,25-30,34-37,39-42,45,47-49,51-52,57,60,80-82,86-87H,4-6,13-15,22-24,31-33,38,43-44,46,50,53-56,58-59,61-79H2,1-3H3,(H,91,92)(H,93,94)/b10-7-,11-8-,12-9-,19-16-,20-17-,21-18-,28-25-,29-26-,30-27-,37-34-,40-39-,41-35-,42-36-,47-45-,51-48-,52-49-,60-57-. The SMILES string of the molecule is CC/C=C\C/C=C\C/C=C\C/C=C\C/C=C\C/C=C\CCCCCCCCC(=O)OCC(O)COP(=O)(O)OCC(O)COP(=O)(O)OCC(COC(=O)CCCC/C=C\C/C=C\C/C=C\C/C=C\C/C=C\C/C=C\CC)OC(=O)CCCCCCC/C=C\C/C=C\C/C=C\C/C=C\C/C=C\CC. The second-order valence-electron chi connectivity index (χ2n) is 24.7. The number of unbranched alkanes of at least 4 members (excludes halogenated alkanes) is 13. The van der Waals surface area contributed by atoms with Gasteiger partial charge in [0.2, 0.25) is 0 Å². The van der Waals surface area contributed by atoms with Gasteiger partial charge in [-0.15, -0.1) is 0 Å². The first kappa shape index (κ1) is 97.1. The largest absolute Gasteiger partial charge is 0.472 e. The predicted molar refractivity (Wildman–Crippen MR) is 426 cm³/mol. The van der Waals surface area contributed by atoms with E-state index in [4.69, 9.17) is 32.3 Å². The van der Waals surface area contributed by atoms with Gasteiger partial charge in [0.25, 0.3) is 0 Å². The normalized spacial score (nSPS) is 15.1. The molecule has 5 atom stereocenters. The monoisotopic (exact) mass is 1470 g/mol. The van der Waals surface area contributed by atoms with Crippen LogP contribution in [0.2, 0.25) is 0 Å². The molecule has 0 fully saturated rings. The third-order valence-electron chi connectivity index (χ3n) is 15.0. The van der Waals surface area contributed by atoms with E-state index in [0.717, 1.165) is 193 Å². The van der Waals surface area contributed by atoms with Crippen LogP contribution in [0, 0.1) is 0 Å². The minimum atomic E-state index is -4.96. The molecule has 580 valence electrons. The summed E-state index contributed by atoms with van der Waals surface area (Å²) in [5.74, 6) is -1.68. The van der Waals surface area contributed by atoms with Crippen molar-refractivity contribution in [3.63, 3.8) is 0 Å². The maximum atomic E-state index is 13.0. The van der Waals surface area contributed by atoms with E-state index >= 15 is 0 Å². The van der Waals surface area contributed by atoms with E-state index in [-0.39, 0.29) is 19.3 Å². The zero-order chi connectivity index (χ0) is 75.2. The Morgan fingerprint density at radius 1 is 0.272 bits per heavy atom. The fourth-order valence-electron chi connectivity index (χ4n) is 9.25. The van der Waals surface area contributed by atoms with Crippen molar-refractivity contribution in [3.8, 4) is 0 Å². The van der Waals surface area contributed by atoms with Crippen LogP contribution in [0.4, 0.5) is 0 Å². The molecule has 0 rings (SSSR count). The number of carbonyl (C=O) groups is 3. The van der Waals surface area contributed by atoms with Crippen molar-refractivity contribution in [2.45, 2.75) is 270 Å². The molecule has 0 aromatic rings. The lowest BCUT2D eigenvalue weighted by atomic mass is 10.1. The molecule has 0 aliphatic carbocycles. The lowest BCUT2D eigenvalue weighted by Crippen LogP contribution is -2.30. The van der Waals surface area contributed by atoms with Gasteiger partial charge in [-0.1, -0.05) is 272 Å². The number of ether oxygens (including phenoxy) is 3. The average Bonchev–Trinajstić information content (AvgIpc) is 0.921. The molecule has 103 heavy (non-hydrogen) atoms. The van der Waals surface area contributed by atoms with Crippen molar-refractivity contribution in [2.75, 3.05) is 39.6 Å². The van der Waals surface area contributed by atoms with Gasteiger partial charge in [0.05, 0.1) is 26.4 Å². The van der Waals surface area contributed by atoms with Crippen molar-refractivity contribution in [2.24, 2.45) is 0 Å². The summed E-state index contributed by atoms with van der Waals surface area (Å²) >= 11 is 0. The molecular weight excluding hydrogens is 1340 g/mol. The Morgan fingerprint density at radius 3 is 0.786 bits per heavy atom.